The first-order valence-electron chi connectivity index (χ1n) is 8.42. The molecule has 0 aromatic carbocycles. The third kappa shape index (κ3) is 20.7. The Hall–Kier alpha value is 0.250. The summed E-state index contributed by atoms with van der Waals surface area (Å²) in [5, 5.41) is 0. The fourth-order valence-corrected chi connectivity index (χ4v) is 2.45. The zero-order chi connectivity index (χ0) is 13.5. The van der Waals surface area contributed by atoms with Gasteiger partial charge in [0.25, 0.3) is 0 Å². The largest absolute Gasteiger partial charge is 0.309 e. The van der Waals surface area contributed by atoms with Crippen LogP contribution in [0.2, 0.25) is 0 Å². The van der Waals surface area contributed by atoms with E-state index in [1.54, 1.807) is 0 Å². The third-order valence-corrected chi connectivity index (χ3v) is 3.71. The first-order valence-corrected chi connectivity index (χ1v) is 8.42. The van der Waals surface area contributed by atoms with Crippen molar-refractivity contribution in [3.63, 3.8) is 0 Å². The highest BCUT2D eigenvalue weighted by molar-refractivity contribution is 5.85. The molecule has 118 valence electrons. The van der Waals surface area contributed by atoms with Crippen LogP contribution < -0.4 is 0 Å². The Morgan fingerprint density at radius 3 is 1.16 bits per heavy atom. The highest BCUT2D eigenvalue weighted by atomic mass is 35.5. The Labute approximate surface area is 128 Å². The van der Waals surface area contributed by atoms with Gasteiger partial charge in [-0.2, -0.15) is 0 Å². The standard InChI is InChI=1S/C17H37N.ClH/c1-4-5-6-7-8-9-10-11-12-13-14-15-16-17-18(2)3;/h4-17H2,1-3H3;1H. The van der Waals surface area contributed by atoms with Gasteiger partial charge in [0, 0.05) is 0 Å². The SMILES string of the molecule is CCCCCCCCCCCCCCCN(C)C.Cl. The smallest absolute Gasteiger partial charge is 0.00248 e. The molecule has 0 N–H and O–H groups in total. The van der Waals surface area contributed by atoms with E-state index in [9.17, 15) is 0 Å². The second kappa shape index (κ2) is 18.2. The molecule has 0 amide bonds. The van der Waals surface area contributed by atoms with Gasteiger partial charge < -0.3 is 4.90 Å². The number of unbranched alkanes of at least 4 members (excludes halogenated alkanes) is 12. The molecule has 2 heteroatoms. The summed E-state index contributed by atoms with van der Waals surface area (Å²) >= 11 is 0. The summed E-state index contributed by atoms with van der Waals surface area (Å²) in [6.07, 6.45) is 18.8. The Bertz CT molecular complexity index is 148. The van der Waals surface area contributed by atoms with E-state index in [2.05, 4.69) is 25.9 Å². The molecular weight excluding hydrogens is 254 g/mol. The van der Waals surface area contributed by atoms with Gasteiger partial charge in [-0.25, -0.2) is 0 Å². The summed E-state index contributed by atoms with van der Waals surface area (Å²) in [4.78, 5) is 2.29. The molecule has 0 aliphatic carbocycles. The van der Waals surface area contributed by atoms with Crippen molar-refractivity contribution in [1.29, 1.82) is 0 Å². The number of nitrogens with zero attached hydrogens (tertiary/aromatic N) is 1. The van der Waals surface area contributed by atoms with E-state index >= 15 is 0 Å². The maximum atomic E-state index is 2.29. The number of halogens is 1. The van der Waals surface area contributed by atoms with Crippen LogP contribution in [-0.4, -0.2) is 25.5 Å². The first kappa shape index (κ1) is 21.5. The van der Waals surface area contributed by atoms with E-state index < -0.39 is 0 Å². The molecule has 0 rings (SSSR count). The van der Waals surface area contributed by atoms with Gasteiger partial charge in [0.15, 0.2) is 0 Å². The predicted molar refractivity (Wildman–Crippen MR) is 91.5 cm³/mol. The van der Waals surface area contributed by atoms with Crippen molar-refractivity contribution >= 4 is 12.4 Å². The lowest BCUT2D eigenvalue weighted by Gasteiger charge is -2.08. The Balaban J connectivity index is 0. The van der Waals surface area contributed by atoms with Crippen molar-refractivity contribution < 1.29 is 0 Å². The minimum atomic E-state index is 0. The second-order valence-corrected chi connectivity index (χ2v) is 6.05. The highest BCUT2D eigenvalue weighted by Gasteiger charge is 1.94. The van der Waals surface area contributed by atoms with Crippen LogP contribution in [0.1, 0.15) is 90.4 Å². The highest BCUT2D eigenvalue weighted by Crippen LogP contribution is 2.12. The van der Waals surface area contributed by atoms with Gasteiger partial charge in [-0.1, -0.05) is 84.0 Å². The molecule has 0 heterocycles. The molecule has 0 spiro atoms. The summed E-state index contributed by atoms with van der Waals surface area (Å²) in [5.74, 6) is 0. The van der Waals surface area contributed by atoms with Gasteiger partial charge in [-0.05, 0) is 27.1 Å². The van der Waals surface area contributed by atoms with Crippen LogP contribution in [0.15, 0.2) is 0 Å². The molecule has 0 saturated carbocycles. The number of rotatable bonds is 14. The third-order valence-electron chi connectivity index (χ3n) is 3.71. The molecule has 0 fully saturated rings. The Morgan fingerprint density at radius 2 is 0.842 bits per heavy atom. The second-order valence-electron chi connectivity index (χ2n) is 6.05. The van der Waals surface area contributed by atoms with E-state index in [0.29, 0.717) is 0 Å². The minimum absolute atomic E-state index is 0. The van der Waals surface area contributed by atoms with Crippen LogP contribution in [0, 0.1) is 0 Å². The Kier molecular flexibility index (Phi) is 20.7. The monoisotopic (exact) mass is 291 g/mol. The predicted octanol–water partition coefficient (Wildman–Crippen LogP) is 6.06. The van der Waals surface area contributed by atoms with Gasteiger partial charge >= 0.3 is 0 Å². The van der Waals surface area contributed by atoms with E-state index in [0.717, 1.165) is 0 Å². The maximum absolute atomic E-state index is 2.29. The molecule has 0 aliphatic rings. The van der Waals surface area contributed by atoms with E-state index in [4.69, 9.17) is 0 Å². The summed E-state index contributed by atoms with van der Waals surface area (Å²) in [5.41, 5.74) is 0. The lowest BCUT2D eigenvalue weighted by atomic mass is 10.0. The topological polar surface area (TPSA) is 3.24 Å². The number of hydrogen-bond donors (Lipinski definition) is 0. The van der Waals surface area contributed by atoms with E-state index in [1.165, 1.54) is 90.0 Å². The minimum Gasteiger partial charge on any atom is -0.309 e. The lowest BCUT2D eigenvalue weighted by Crippen LogP contribution is -2.12. The average molecular weight is 292 g/mol. The van der Waals surface area contributed by atoms with Crippen LogP contribution in [-0.2, 0) is 0 Å². The van der Waals surface area contributed by atoms with Crippen LogP contribution in [0.5, 0.6) is 0 Å². The molecular formula is C17H38ClN. The van der Waals surface area contributed by atoms with Crippen molar-refractivity contribution in [3.8, 4) is 0 Å². The lowest BCUT2D eigenvalue weighted by molar-refractivity contribution is 0.389. The number of hydrogen-bond acceptors (Lipinski definition) is 1. The Morgan fingerprint density at radius 1 is 0.526 bits per heavy atom. The molecule has 1 nitrogen and oxygen atoms in total. The van der Waals surface area contributed by atoms with Crippen molar-refractivity contribution in [3.05, 3.63) is 0 Å². The van der Waals surface area contributed by atoms with Gasteiger partial charge in [-0.3, -0.25) is 0 Å². The molecule has 0 bridgehead atoms. The summed E-state index contributed by atoms with van der Waals surface area (Å²) in [6, 6.07) is 0. The summed E-state index contributed by atoms with van der Waals surface area (Å²) in [7, 11) is 4.33. The van der Waals surface area contributed by atoms with E-state index in [1.807, 2.05) is 0 Å². The van der Waals surface area contributed by atoms with Gasteiger partial charge in [0.1, 0.15) is 0 Å². The van der Waals surface area contributed by atoms with Crippen molar-refractivity contribution in [1.82, 2.24) is 4.90 Å². The molecule has 0 aliphatic heterocycles. The molecule has 0 aromatic heterocycles. The van der Waals surface area contributed by atoms with Crippen LogP contribution >= 0.6 is 12.4 Å². The molecule has 0 radical (unpaired) electrons. The molecule has 0 saturated heterocycles. The molecule has 0 aromatic rings. The fourth-order valence-electron chi connectivity index (χ4n) is 2.45. The molecule has 19 heavy (non-hydrogen) atoms. The van der Waals surface area contributed by atoms with Crippen molar-refractivity contribution in [2.45, 2.75) is 90.4 Å². The molecule has 0 atom stereocenters. The quantitative estimate of drug-likeness (QED) is 0.352. The zero-order valence-corrected chi connectivity index (χ0v) is 14.6. The summed E-state index contributed by atoms with van der Waals surface area (Å²) < 4.78 is 0. The fraction of sp³-hybridized carbons (Fsp3) is 1.00. The van der Waals surface area contributed by atoms with Gasteiger partial charge in [0.2, 0.25) is 0 Å². The van der Waals surface area contributed by atoms with Crippen molar-refractivity contribution in [2.75, 3.05) is 20.6 Å². The van der Waals surface area contributed by atoms with Gasteiger partial charge in [0.05, 0.1) is 0 Å². The van der Waals surface area contributed by atoms with Crippen molar-refractivity contribution in [2.24, 2.45) is 0 Å². The van der Waals surface area contributed by atoms with Crippen LogP contribution in [0.3, 0.4) is 0 Å². The summed E-state index contributed by atoms with van der Waals surface area (Å²) in [6.45, 7) is 3.55. The maximum Gasteiger partial charge on any atom is -0.00248 e. The van der Waals surface area contributed by atoms with E-state index in [-0.39, 0.29) is 12.4 Å². The normalized spacial score (nSPS) is 10.7. The van der Waals surface area contributed by atoms with Crippen LogP contribution in [0.25, 0.3) is 0 Å². The zero-order valence-electron chi connectivity index (χ0n) is 13.8. The average Bonchev–Trinajstić information content (AvgIpc) is 2.34. The first-order chi connectivity index (χ1) is 8.77. The molecule has 0 unspecified atom stereocenters. The van der Waals surface area contributed by atoms with Crippen LogP contribution in [0.4, 0.5) is 0 Å². The van der Waals surface area contributed by atoms with Gasteiger partial charge in [-0.15, -0.1) is 12.4 Å².